The van der Waals surface area contributed by atoms with Crippen LogP contribution in [0.25, 0.3) is 0 Å². The van der Waals surface area contributed by atoms with E-state index in [1.54, 1.807) is 0 Å². The fraction of sp³-hybridized carbons (Fsp3) is 0.865. The summed E-state index contributed by atoms with van der Waals surface area (Å²) >= 11 is 0. The molecule has 1 unspecified atom stereocenters. The number of hydrogen-bond donors (Lipinski definition) is 1. The highest BCUT2D eigenvalue weighted by Crippen LogP contribution is 2.16. The third-order valence-electron chi connectivity index (χ3n) is 11.2. The van der Waals surface area contributed by atoms with E-state index < -0.39 is 6.10 Å². The molecule has 0 bridgehead atoms. The van der Waals surface area contributed by atoms with Gasteiger partial charge in [-0.05, 0) is 51.4 Å². The molecule has 0 saturated carbocycles. The normalized spacial score (nSPS) is 12.6. The van der Waals surface area contributed by atoms with Crippen molar-refractivity contribution >= 4 is 5.97 Å². The molecule has 4 nitrogen and oxygen atoms in total. The molecule has 0 aromatic carbocycles. The molecule has 56 heavy (non-hydrogen) atoms. The third kappa shape index (κ3) is 47.0. The first-order valence-corrected chi connectivity index (χ1v) is 25.1. The topological polar surface area (TPSA) is 55.8 Å². The van der Waals surface area contributed by atoms with Gasteiger partial charge >= 0.3 is 5.97 Å². The summed E-state index contributed by atoms with van der Waals surface area (Å²) in [5.41, 5.74) is 0. The van der Waals surface area contributed by atoms with Crippen molar-refractivity contribution in [3.05, 3.63) is 36.5 Å². The number of allylic oxidation sites excluding steroid dienone is 6. The Kier molecular flexibility index (Phi) is 48.5. The Bertz CT molecular complexity index is 833. The molecule has 0 spiro atoms. The van der Waals surface area contributed by atoms with E-state index in [0.29, 0.717) is 19.6 Å². The Morgan fingerprint density at radius 2 is 0.750 bits per heavy atom. The molecule has 1 N–H and O–H groups in total. The first kappa shape index (κ1) is 54.6. The number of aliphatic hydroxyl groups excluding tert-OH is 1. The maximum Gasteiger partial charge on any atom is 0.306 e. The molecule has 0 fully saturated rings. The average molecular weight is 787 g/mol. The van der Waals surface area contributed by atoms with Gasteiger partial charge in [0.05, 0.1) is 13.2 Å². The Balaban J connectivity index is 3.40. The number of aliphatic hydroxyl groups is 1. The number of carbonyl (C=O) groups excluding carboxylic acids is 1. The molecule has 0 aliphatic heterocycles. The van der Waals surface area contributed by atoms with Crippen molar-refractivity contribution in [2.24, 2.45) is 0 Å². The predicted octanol–water partition coefficient (Wildman–Crippen LogP) is 16.8. The van der Waals surface area contributed by atoms with E-state index in [-0.39, 0.29) is 12.6 Å². The van der Waals surface area contributed by atoms with E-state index >= 15 is 0 Å². The van der Waals surface area contributed by atoms with Crippen molar-refractivity contribution in [3.63, 3.8) is 0 Å². The predicted molar refractivity (Wildman–Crippen MR) is 247 cm³/mol. The van der Waals surface area contributed by atoms with Crippen LogP contribution in [0.4, 0.5) is 0 Å². The fourth-order valence-corrected chi connectivity index (χ4v) is 7.46. The molecule has 0 radical (unpaired) electrons. The molecular formula is C52H98O4. The van der Waals surface area contributed by atoms with Crippen LogP contribution >= 0.6 is 0 Å². The second-order valence-electron chi connectivity index (χ2n) is 16.9. The highest BCUT2D eigenvalue weighted by atomic mass is 16.6. The van der Waals surface area contributed by atoms with Gasteiger partial charge in [-0.25, -0.2) is 0 Å². The van der Waals surface area contributed by atoms with Gasteiger partial charge in [0.2, 0.25) is 0 Å². The Morgan fingerprint density at radius 1 is 0.429 bits per heavy atom. The summed E-state index contributed by atoms with van der Waals surface area (Å²) in [6.45, 7) is 5.35. The van der Waals surface area contributed by atoms with Crippen molar-refractivity contribution < 1.29 is 19.4 Å². The summed E-state index contributed by atoms with van der Waals surface area (Å²) < 4.78 is 11.2. The van der Waals surface area contributed by atoms with Crippen LogP contribution in [0.1, 0.15) is 264 Å². The zero-order chi connectivity index (χ0) is 40.5. The van der Waals surface area contributed by atoms with Gasteiger partial charge in [-0.3, -0.25) is 4.79 Å². The molecule has 330 valence electrons. The third-order valence-corrected chi connectivity index (χ3v) is 11.2. The second kappa shape index (κ2) is 49.8. The summed E-state index contributed by atoms with van der Waals surface area (Å²) in [6, 6.07) is 0. The highest BCUT2D eigenvalue weighted by molar-refractivity contribution is 5.69. The van der Waals surface area contributed by atoms with Crippen molar-refractivity contribution in [1.29, 1.82) is 0 Å². The minimum Gasteiger partial charge on any atom is -0.457 e. The molecule has 0 aliphatic carbocycles. The van der Waals surface area contributed by atoms with Crippen LogP contribution in [-0.4, -0.2) is 37.0 Å². The number of ether oxygens (including phenoxy) is 2. The fourth-order valence-electron chi connectivity index (χ4n) is 7.46. The molecule has 4 heteroatoms. The lowest BCUT2D eigenvalue weighted by Crippen LogP contribution is -2.27. The van der Waals surface area contributed by atoms with Crippen LogP contribution < -0.4 is 0 Å². The minimum atomic E-state index is -0.538. The lowest BCUT2D eigenvalue weighted by molar-refractivity contribution is -0.154. The number of hydrogen-bond acceptors (Lipinski definition) is 4. The van der Waals surface area contributed by atoms with Gasteiger partial charge in [0.25, 0.3) is 0 Å². The van der Waals surface area contributed by atoms with E-state index in [4.69, 9.17) is 9.47 Å². The first-order valence-electron chi connectivity index (χ1n) is 25.1. The Hall–Kier alpha value is -1.39. The smallest absolute Gasteiger partial charge is 0.306 e. The van der Waals surface area contributed by atoms with Gasteiger partial charge in [-0.1, -0.05) is 243 Å². The summed E-state index contributed by atoms with van der Waals surface area (Å²) in [5.74, 6) is -0.199. The Morgan fingerprint density at radius 3 is 1.12 bits per heavy atom. The summed E-state index contributed by atoms with van der Waals surface area (Å²) in [7, 11) is 0. The number of esters is 1. The van der Waals surface area contributed by atoms with Gasteiger partial charge in [0.1, 0.15) is 6.10 Å². The SMILES string of the molecule is CCCCCCC/C=C\C/C=C\C/C=C\CCCCCCCCCOCC(CO)OC(=O)CCCCCCCCCCCCCCCCCCCCCCCC. The standard InChI is InChI=1S/C52H98O4/c1-3-5-7-9-11-13-15-17-19-21-23-25-27-29-31-33-35-37-39-41-43-45-47-52(54)56-51(49-53)50-55-48-46-44-42-40-38-36-34-32-30-28-26-24-22-20-18-16-14-12-10-8-6-4-2/h16,18,22,24,28,30,51,53H,3-15,17,19-21,23,25-27,29,31-50H2,1-2H3/b18-16-,24-22-,30-28-. The molecule has 0 aromatic heterocycles. The lowest BCUT2D eigenvalue weighted by Gasteiger charge is -2.16. The molecule has 0 amide bonds. The molecule has 0 rings (SSSR count). The molecule has 0 saturated heterocycles. The summed E-state index contributed by atoms with van der Waals surface area (Å²) in [6.07, 6.45) is 63.7. The van der Waals surface area contributed by atoms with Crippen LogP contribution in [-0.2, 0) is 14.3 Å². The zero-order valence-electron chi connectivity index (χ0n) is 37.9. The quantitative estimate of drug-likeness (QED) is 0.0379. The maximum atomic E-state index is 12.3. The van der Waals surface area contributed by atoms with E-state index in [1.807, 2.05) is 0 Å². The Labute approximate surface area is 350 Å². The largest absolute Gasteiger partial charge is 0.457 e. The van der Waals surface area contributed by atoms with E-state index in [2.05, 4.69) is 50.3 Å². The van der Waals surface area contributed by atoms with E-state index in [1.165, 1.54) is 212 Å². The molecule has 0 aromatic rings. The van der Waals surface area contributed by atoms with Crippen molar-refractivity contribution in [2.45, 2.75) is 270 Å². The van der Waals surface area contributed by atoms with Crippen molar-refractivity contribution in [1.82, 2.24) is 0 Å². The van der Waals surface area contributed by atoms with Crippen LogP contribution in [0.3, 0.4) is 0 Å². The van der Waals surface area contributed by atoms with Crippen LogP contribution in [0.15, 0.2) is 36.5 Å². The zero-order valence-corrected chi connectivity index (χ0v) is 37.9. The minimum absolute atomic E-state index is 0.173. The number of unbranched alkanes of at least 4 members (excludes halogenated alkanes) is 33. The molecular weight excluding hydrogens is 689 g/mol. The average Bonchev–Trinajstić information content (AvgIpc) is 3.20. The lowest BCUT2D eigenvalue weighted by atomic mass is 10.0. The molecule has 1 atom stereocenters. The van der Waals surface area contributed by atoms with Crippen LogP contribution in [0.2, 0.25) is 0 Å². The van der Waals surface area contributed by atoms with Crippen molar-refractivity contribution in [2.75, 3.05) is 19.8 Å². The molecule has 0 aliphatic rings. The van der Waals surface area contributed by atoms with E-state index in [0.717, 1.165) is 32.1 Å². The van der Waals surface area contributed by atoms with E-state index in [9.17, 15) is 9.90 Å². The summed E-state index contributed by atoms with van der Waals surface area (Å²) in [5, 5.41) is 9.64. The first-order chi connectivity index (χ1) is 27.7. The van der Waals surface area contributed by atoms with Crippen LogP contribution in [0, 0.1) is 0 Å². The van der Waals surface area contributed by atoms with Crippen LogP contribution in [0.5, 0.6) is 0 Å². The second-order valence-corrected chi connectivity index (χ2v) is 16.9. The van der Waals surface area contributed by atoms with Gasteiger partial charge in [-0.2, -0.15) is 0 Å². The highest BCUT2D eigenvalue weighted by Gasteiger charge is 2.13. The number of carbonyl (C=O) groups is 1. The van der Waals surface area contributed by atoms with Crippen molar-refractivity contribution in [3.8, 4) is 0 Å². The van der Waals surface area contributed by atoms with Gasteiger partial charge < -0.3 is 14.6 Å². The molecule has 0 heterocycles. The number of rotatable bonds is 47. The van der Waals surface area contributed by atoms with Gasteiger partial charge in [0.15, 0.2) is 0 Å². The summed E-state index contributed by atoms with van der Waals surface area (Å²) in [4.78, 5) is 12.3. The monoisotopic (exact) mass is 787 g/mol. The van der Waals surface area contributed by atoms with Gasteiger partial charge in [0, 0.05) is 13.0 Å². The maximum absolute atomic E-state index is 12.3. The van der Waals surface area contributed by atoms with Gasteiger partial charge in [-0.15, -0.1) is 0 Å².